The van der Waals surface area contributed by atoms with E-state index < -0.39 is 0 Å². The van der Waals surface area contributed by atoms with E-state index in [4.69, 9.17) is 0 Å². The molecule has 0 amide bonds. The van der Waals surface area contributed by atoms with Gasteiger partial charge in [0.2, 0.25) is 0 Å². The molecule has 2 aliphatic rings. The summed E-state index contributed by atoms with van der Waals surface area (Å²) in [6.45, 7) is 0. The molecule has 0 fully saturated rings. The topological polar surface area (TPSA) is 0 Å². The fraction of sp³-hybridized carbons (Fsp3) is 0. The molecule has 28 heavy (non-hydrogen) atoms. The van der Waals surface area contributed by atoms with Gasteiger partial charge in [-0.25, -0.2) is 0 Å². The molecular formula is C28H18-2. The summed E-state index contributed by atoms with van der Waals surface area (Å²) in [5.41, 5.74) is 7.80. The van der Waals surface area contributed by atoms with Crippen LogP contribution >= 0.6 is 0 Å². The molecule has 0 bridgehead atoms. The molecular weight excluding hydrogens is 336 g/mol. The highest BCUT2D eigenvalue weighted by atomic mass is 14.3. The fourth-order valence-corrected chi connectivity index (χ4v) is 4.62. The van der Waals surface area contributed by atoms with Crippen LogP contribution in [-0.4, -0.2) is 0 Å². The number of hydrogen-bond donors (Lipinski definition) is 0. The van der Waals surface area contributed by atoms with Crippen LogP contribution in [0.3, 0.4) is 0 Å². The number of rotatable bonds is 1. The van der Waals surface area contributed by atoms with Gasteiger partial charge in [0, 0.05) is 0 Å². The summed E-state index contributed by atoms with van der Waals surface area (Å²) in [4.78, 5) is 0. The van der Waals surface area contributed by atoms with E-state index in [1.165, 1.54) is 55.0 Å². The van der Waals surface area contributed by atoms with Crippen LogP contribution in [-0.2, 0) is 0 Å². The van der Waals surface area contributed by atoms with Crippen LogP contribution < -0.4 is 0 Å². The zero-order valence-corrected chi connectivity index (χ0v) is 15.4. The number of hydrogen-bond acceptors (Lipinski definition) is 0. The Morgan fingerprint density at radius 1 is 0.750 bits per heavy atom. The summed E-state index contributed by atoms with van der Waals surface area (Å²) >= 11 is 0. The SMILES string of the molecule is C1=C[CH-]C2=C(c3c4ccccc4[c-]4ccccc34)c3ccccc3C=CC2=C1. The molecule has 0 nitrogen and oxygen atoms in total. The summed E-state index contributed by atoms with van der Waals surface area (Å²) < 4.78 is 0. The molecule has 0 unspecified atom stereocenters. The van der Waals surface area contributed by atoms with Crippen molar-refractivity contribution in [2.75, 3.05) is 0 Å². The largest absolute Gasteiger partial charge is 0.145 e. The molecule has 0 saturated carbocycles. The van der Waals surface area contributed by atoms with Crippen LogP contribution in [0.25, 0.3) is 33.2 Å². The quantitative estimate of drug-likeness (QED) is 0.316. The zero-order valence-electron chi connectivity index (χ0n) is 15.4. The van der Waals surface area contributed by atoms with Gasteiger partial charge in [-0.15, -0.1) is 88.0 Å². The molecule has 0 heteroatoms. The third kappa shape index (κ3) is 2.12. The molecule has 0 heterocycles. The van der Waals surface area contributed by atoms with Crippen LogP contribution in [0.2, 0.25) is 0 Å². The lowest BCUT2D eigenvalue weighted by Gasteiger charge is -2.27. The van der Waals surface area contributed by atoms with Crippen molar-refractivity contribution in [2.24, 2.45) is 0 Å². The summed E-state index contributed by atoms with van der Waals surface area (Å²) in [5.74, 6) is 0. The molecule has 0 aromatic heterocycles. The predicted octanol–water partition coefficient (Wildman–Crippen LogP) is 7.24. The van der Waals surface area contributed by atoms with E-state index in [0.717, 1.165) is 0 Å². The van der Waals surface area contributed by atoms with Gasteiger partial charge in [-0.05, 0) is 5.56 Å². The van der Waals surface area contributed by atoms with Gasteiger partial charge >= 0.3 is 0 Å². The number of fused-ring (bicyclic) bond motifs is 5. The van der Waals surface area contributed by atoms with Gasteiger partial charge in [0.15, 0.2) is 0 Å². The Morgan fingerprint density at radius 3 is 2.57 bits per heavy atom. The van der Waals surface area contributed by atoms with E-state index in [1.54, 1.807) is 0 Å². The maximum atomic E-state index is 2.27. The van der Waals surface area contributed by atoms with E-state index in [-0.39, 0.29) is 0 Å². The minimum Gasteiger partial charge on any atom is -0.145 e. The van der Waals surface area contributed by atoms with Gasteiger partial charge in [-0.1, -0.05) is 71.0 Å². The average Bonchev–Trinajstić information content (AvgIpc) is 2.99. The second-order valence-corrected chi connectivity index (χ2v) is 7.35. The maximum absolute atomic E-state index is 2.27. The monoisotopic (exact) mass is 354 g/mol. The molecule has 4 aromatic rings. The summed E-state index contributed by atoms with van der Waals surface area (Å²) in [5, 5.41) is 5.30. The lowest BCUT2D eigenvalue weighted by molar-refractivity contribution is 1.43. The highest BCUT2D eigenvalue weighted by Crippen LogP contribution is 2.45. The molecule has 0 aliphatic heterocycles. The van der Waals surface area contributed by atoms with Crippen molar-refractivity contribution < 1.29 is 0 Å². The summed E-state index contributed by atoms with van der Waals surface area (Å²) in [6.07, 6.45) is 13.2. The Balaban J connectivity index is 1.83. The first kappa shape index (κ1) is 15.4. The van der Waals surface area contributed by atoms with E-state index >= 15 is 0 Å². The van der Waals surface area contributed by atoms with Crippen molar-refractivity contribution in [3.63, 3.8) is 0 Å². The Kier molecular flexibility index (Phi) is 3.27. The Labute approximate surface area is 164 Å². The molecule has 132 valence electrons. The van der Waals surface area contributed by atoms with Crippen molar-refractivity contribution in [3.05, 3.63) is 131 Å². The minimum atomic E-state index is 1.27. The van der Waals surface area contributed by atoms with Crippen molar-refractivity contribution >= 4 is 33.2 Å². The van der Waals surface area contributed by atoms with Crippen molar-refractivity contribution in [1.82, 2.24) is 0 Å². The van der Waals surface area contributed by atoms with Gasteiger partial charge in [0.1, 0.15) is 0 Å². The van der Waals surface area contributed by atoms with Gasteiger partial charge in [0.25, 0.3) is 0 Å². The van der Waals surface area contributed by atoms with Gasteiger partial charge in [-0.3, -0.25) is 0 Å². The maximum Gasteiger partial charge on any atom is -0.0284 e. The Morgan fingerprint density at radius 2 is 1.57 bits per heavy atom. The van der Waals surface area contributed by atoms with Crippen LogP contribution in [0.5, 0.6) is 0 Å². The van der Waals surface area contributed by atoms with E-state index in [1.807, 2.05) is 0 Å². The standard InChI is InChI=1S/C28H18/c1-3-11-21-19(9-1)17-18-20-10-2-4-12-22(20)27(21)28-25-15-7-5-13-23(25)24-14-6-8-16-26(24)28/h1-18H/q-2. The number of allylic oxidation sites excluding steroid dienone is 6. The predicted molar refractivity (Wildman–Crippen MR) is 120 cm³/mol. The van der Waals surface area contributed by atoms with Gasteiger partial charge < -0.3 is 0 Å². The van der Waals surface area contributed by atoms with Crippen LogP contribution in [0.4, 0.5) is 0 Å². The summed E-state index contributed by atoms with van der Waals surface area (Å²) in [7, 11) is 0. The first-order valence-corrected chi connectivity index (χ1v) is 9.72. The second-order valence-electron chi connectivity index (χ2n) is 7.35. The summed E-state index contributed by atoms with van der Waals surface area (Å²) in [6, 6.07) is 26.3. The third-order valence-electron chi connectivity index (χ3n) is 5.84. The van der Waals surface area contributed by atoms with Crippen molar-refractivity contribution in [3.8, 4) is 0 Å². The minimum absolute atomic E-state index is 1.27. The molecule has 0 atom stereocenters. The van der Waals surface area contributed by atoms with E-state index in [0.29, 0.717) is 0 Å². The first-order chi connectivity index (χ1) is 13.9. The van der Waals surface area contributed by atoms with E-state index in [9.17, 15) is 0 Å². The molecule has 0 saturated heterocycles. The number of benzene rings is 3. The van der Waals surface area contributed by atoms with Crippen molar-refractivity contribution in [1.29, 1.82) is 0 Å². The lowest BCUT2D eigenvalue weighted by atomic mass is 9.85. The first-order valence-electron chi connectivity index (χ1n) is 9.72. The Bertz CT molecular complexity index is 1310. The van der Waals surface area contributed by atoms with Crippen LogP contribution in [0.1, 0.15) is 16.7 Å². The normalized spacial score (nSPS) is 15.2. The lowest BCUT2D eigenvalue weighted by Crippen LogP contribution is -1.99. The van der Waals surface area contributed by atoms with Gasteiger partial charge in [0.05, 0.1) is 0 Å². The highest BCUT2D eigenvalue weighted by molar-refractivity contribution is 6.21. The van der Waals surface area contributed by atoms with Crippen molar-refractivity contribution in [2.45, 2.75) is 0 Å². The Hall–Kier alpha value is -3.64. The van der Waals surface area contributed by atoms with Crippen LogP contribution in [0.15, 0.2) is 108 Å². The van der Waals surface area contributed by atoms with Crippen LogP contribution in [0, 0.1) is 6.42 Å². The second kappa shape index (κ2) is 5.94. The molecule has 0 spiro atoms. The molecule has 0 radical (unpaired) electrons. The third-order valence-corrected chi connectivity index (χ3v) is 5.84. The molecule has 0 N–H and O–H groups in total. The fourth-order valence-electron chi connectivity index (χ4n) is 4.62. The average molecular weight is 354 g/mol. The molecule has 2 aliphatic carbocycles. The zero-order chi connectivity index (χ0) is 18.5. The van der Waals surface area contributed by atoms with E-state index in [2.05, 4.69) is 110 Å². The highest BCUT2D eigenvalue weighted by Gasteiger charge is 2.15. The van der Waals surface area contributed by atoms with Gasteiger partial charge in [-0.2, -0.15) is 0 Å². The molecule has 4 aromatic carbocycles. The molecule has 6 rings (SSSR count). The smallest absolute Gasteiger partial charge is 0.0284 e.